The van der Waals surface area contributed by atoms with E-state index in [-0.39, 0.29) is 6.61 Å². The van der Waals surface area contributed by atoms with E-state index >= 15 is 0 Å². The number of rotatable bonds is 3. The molecule has 1 aromatic heterocycles. The van der Waals surface area contributed by atoms with Crippen LogP contribution >= 0.6 is 0 Å². The first-order valence-electron chi connectivity index (χ1n) is 5.03. The first-order chi connectivity index (χ1) is 7.76. The zero-order valence-electron chi connectivity index (χ0n) is 8.67. The lowest BCUT2D eigenvalue weighted by Crippen LogP contribution is -2.19. The van der Waals surface area contributed by atoms with Gasteiger partial charge in [-0.25, -0.2) is 0 Å². The van der Waals surface area contributed by atoms with E-state index in [0.29, 0.717) is 12.1 Å². The Hall–Kier alpha value is -1.83. The first kappa shape index (κ1) is 10.7. The lowest BCUT2D eigenvalue weighted by atomic mass is 10.1. The summed E-state index contributed by atoms with van der Waals surface area (Å²) in [6.45, 7) is 0.0620. The predicted octanol–water partition coefficient (Wildman–Crippen LogP) is 0.866. The van der Waals surface area contributed by atoms with Gasteiger partial charge in [-0.2, -0.15) is 5.26 Å². The molecule has 0 saturated carbocycles. The Balaban J connectivity index is 2.46. The molecule has 1 unspecified atom stereocenters. The fourth-order valence-corrected chi connectivity index (χ4v) is 1.76. The highest BCUT2D eigenvalue weighted by molar-refractivity contribution is 5.85. The molecule has 2 rings (SSSR count). The molecule has 0 aliphatic heterocycles. The van der Waals surface area contributed by atoms with Gasteiger partial charge in [0.05, 0.1) is 30.9 Å². The maximum Gasteiger partial charge on any atom is 0.0998 e. The lowest BCUT2D eigenvalue weighted by molar-refractivity contribution is 0.0822. The molecule has 0 amide bonds. The maximum atomic E-state index is 9.38. The smallest absolute Gasteiger partial charge is 0.0998 e. The van der Waals surface area contributed by atoms with Gasteiger partial charge >= 0.3 is 0 Å². The van der Waals surface area contributed by atoms with Gasteiger partial charge in [0.2, 0.25) is 0 Å². The topological polar surface area (TPSA) is 69.2 Å². The van der Waals surface area contributed by atoms with Crippen molar-refractivity contribution in [2.45, 2.75) is 12.6 Å². The third kappa shape index (κ3) is 1.78. The number of nitrogens with zero attached hydrogens (tertiary/aromatic N) is 2. The van der Waals surface area contributed by atoms with Crippen LogP contribution < -0.4 is 0 Å². The molecule has 4 nitrogen and oxygen atoms in total. The monoisotopic (exact) mass is 216 g/mol. The maximum absolute atomic E-state index is 9.38. The summed E-state index contributed by atoms with van der Waals surface area (Å²) in [6.07, 6.45) is 1.03. The van der Waals surface area contributed by atoms with E-state index in [1.807, 2.05) is 29.0 Å². The van der Waals surface area contributed by atoms with Gasteiger partial charge < -0.3 is 14.8 Å². The van der Waals surface area contributed by atoms with Crippen LogP contribution in [-0.2, 0) is 6.54 Å². The molecular formula is C12H12N2O2. The van der Waals surface area contributed by atoms with Crippen LogP contribution in [0.25, 0.3) is 10.9 Å². The van der Waals surface area contributed by atoms with E-state index in [0.717, 1.165) is 10.9 Å². The van der Waals surface area contributed by atoms with Crippen LogP contribution in [0, 0.1) is 11.3 Å². The Morgan fingerprint density at radius 2 is 2.19 bits per heavy atom. The number of aromatic nitrogens is 1. The third-order valence-corrected chi connectivity index (χ3v) is 2.55. The second-order valence-corrected chi connectivity index (χ2v) is 3.65. The molecule has 0 fully saturated rings. The largest absolute Gasteiger partial charge is 0.394 e. The van der Waals surface area contributed by atoms with Gasteiger partial charge in [-0.15, -0.1) is 0 Å². The van der Waals surface area contributed by atoms with Crippen LogP contribution in [0.4, 0.5) is 0 Å². The summed E-state index contributed by atoms with van der Waals surface area (Å²) < 4.78 is 1.83. The summed E-state index contributed by atoms with van der Waals surface area (Å²) in [7, 11) is 0. The average molecular weight is 216 g/mol. The number of fused-ring (bicyclic) bond motifs is 1. The zero-order valence-corrected chi connectivity index (χ0v) is 8.67. The van der Waals surface area contributed by atoms with Crippen molar-refractivity contribution < 1.29 is 10.2 Å². The third-order valence-electron chi connectivity index (χ3n) is 2.55. The van der Waals surface area contributed by atoms with Crippen molar-refractivity contribution in [2.75, 3.05) is 6.61 Å². The molecule has 0 saturated heterocycles. The molecular weight excluding hydrogens is 204 g/mol. The van der Waals surface area contributed by atoms with Crippen LogP contribution in [0.5, 0.6) is 0 Å². The highest BCUT2D eigenvalue weighted by Crippen LogP contribution is 2.19. The molecule has 0 bridgehead atoms. The fraction of sp³-hybridized carbons (Fsp3) is 0.250. The number of nitriles is 1. The van der Waals surface area contributed by atoms with Gasteiger partial charge in [-0.05, 0) is 18.2 Å². The minimum absolute atomic E-state index is 0.266. The van der Waals surface area contributed by atoms with Gasteiger partial charge in [0.25, 0.3) is 0 Å². The van der Waals surface area contributed by atoms with Crippen LogP contribution in [0.15, 0.2) is 30.5 Å². The molecule has 2 N–H and O–H groups in total. The molecule has 0 radical (unpaired) electrons. The quantitative estimate of drug-likeness (QED) is 0.799. The summed E-state index contributed by atoms with van der Waals surface area (Å²) >= 11 is 0. The van der Waals surface area contributed by atoms with Gasteiger partial charge in [-0.3, -0.25) is 0 Å². The van der Waals surface area contributed by atoms with Crippen molar-refractivity contribution in [1.29, 1.82) is 5.26 Å². The van der Waals surface area contributed by atoms with Crippen molar-refractivity contribution in [2.24, 2.45) is 0 Å². The summed E-state index contributed by atoms with van der Waals surface area (Å²) in [4.78, 5) is 0. The summed E-state index contributed by atoms with van der Waals surface area (Å²) in [6, 6.07) is 9.43. The fourth-order valence-electron chi connectivity index (χ4n) is 1.76. The molecule has 2 aromatic rings. The van der Waals surface area contributed by atoms with Gasteiger partial charge in [0, 0.05) is 17.1 Å². The number of hydrogen-bond acceptors (Lipinski definition) is 3. The van der Waals surface area contributed by atoms with E-state index in [9.17, 15) is 5.11 Å². The Bertz CT molecular complexity index is 539. The Morgan fingerprint density at radius 1 is 1.38 bits per heavy atom. The van der Waals surface area contributed by atoms with E-state index in [4.69, 9.17) is 10.4 Å². The van der Waals surface area contributed by atoms with E-state index < -0.39 is 6.10 Å². The summed E-state index contributed by atoms with van der Waals surface area (Å²) in [5.74, 6) is 0. The SMILES string of the molecule is N#Cc1cccc2c1ccn2CC(O)CO. The standard InChI is InChI=1S/C12H12N2O2/c13-6-9-2-1-3-12-11(9)4-5-14(12)7-10(16)8-15/h1-5,10,15-16H,7-8H2. The zero-order chi connectivity index (χ0) is 11.5. The van der Waals surface area contributed by atoms with E-state index in [1.165, 1.54) is 0 Å². The van der Waals surface area contributed by atoms with Gasteiger partial charge in [0.15, 0.2) is 0 Å². The molecule has 0 spiro atoms. The van der Waals surface area contributed by atoms with Crippen molar-refractivity contribution in [1.82, 2.24) is 4.57 Å². The highest BCUT2D eigenvalue weighted by atomic mass is 16.3. The molecule has 4 heteroatoms. The Morgan fingerprint density at radius 3 is 2.88 bits per heavy atom. The van der Waals surface area contributed by atoms with Gasteiger partial charge in [-0.1, -0.05) is 6.07 Å². The van der Waals surface area contributed by atoms with Gasteiger partial charge in [0.1, 0.15) is 0 Å². The Kier molecular flexibility index (Phi) is 2.91. The second kappa shape index (κ2) is 4.35. The number of benzene rings is 1. The molecule has 0 aliphatic rings. The van der Waals surface area contributed by atoms with Crippen molar-refractivity contribution >= 4 is 10.9 Å². The molecule has 1 aromatic carbocycles. The summed E-state index contributed by atoms with van der Waals surface area (Å²) in [5.41, 5.74) is 1.52. The number of aliphatic hydroxyl groups is 2. The average Bonchev–Trinajstić information content (AvgIpc) is 2.72. The first-order valence-corrected chi connectivity index (χ1v) is 5.03. The molecule has 16 heavy (non-hydrogen) atoms. The molecule has 0 aliphatic carbocycles. The second-order valence-electron chi connectivity index (χ2n) is 3.65. The number of aliphatic hydroxyl groups excluding tert-OH is 2. The van der Waals surface area contributed by atoms with E-state index in [2.05, 4.69) is 6.07 Å². The van der Waals surface area contributed by atoms with Crippen LogP contribution in [0.3, 0.4) is 0 Å². The molecule has 1 atom stereocenters. The normalized spacial score (nSPS) is 12.6. The van der Waals surface area contributed by atoms with E-state index in [1.54, 1.807) is 6.07 Å². The van der Waals surface area contributed by atoms with Crippen molar-refractivity contribution in [3.05, 3.63) is 36.0 Å². The lowest BCUT2D eigenvalue weighted by Gasteiger charge is -2.09. The van der Waals surface area contributed by atoms with Crippen molar-refractivity contribution in [3.63, 3.8) is 0 Å². The van der Waals surface area contributed by atoms with Crippen molar-refractivity contribution in [3.8, 4) is 6.07 Å². The Labute approximate surface area is 93.0 Å². The summed E-state index contributed by atoms with van der Waals surface area (Å²) in [5, 5.41) is 28.0. The highest BCUT2D eigenvalue weighted by Gasteiger charge is 2.08. The van der Waals surface area contributed by atoms with Crippen LogP contribution in [0.2, 0.25) is 0 Å². The minimum atomic E-state index is -0.777. The van der Waals surface area contributed by atoms with Crippen LogP contribution in [0.1, 0.15) is 5.56 Å². The molecule has 82 valence electrons. The minimum Gasteiger partial charge on any atom is -0.394 e. The van der Waals surface area contributed by atoms with Crippen LogP contribution in [-0.4, -0.2) is 27.5 Å². The predicted molar refractivity (Wildman–Crippen MR) is 59.7 cm³/mol. The molecule has 1 heterocycles. The number of hydrogen-bond donors (Lipinski definition) is 2.